The highest BCUT2D eigenvalue weighted by Gasteiger charge is 2.59. The van der Waals surface area contributed by atoms with E-state index >= 15 is 0 Å². The fraction of sp³-hybridized carbons (Fsp3) is 0.929. The molecule has 0 aliphatic heterocycles. The van der Waals surface area contributed by atoms with Gasteiger partial charge in [-0.05, 0) is 37.0 Å². The molecule has 3 nitrogen and oxygen atoms in total. The van der Waals surface area contributed by atoms with E-state index in [-0.39, 0.29) is 17.4 Å². The number of methoxy groups -OCH3 is 1. The van der Waals surface area contributed by atoms with Gasteiger partial charge < -0.3 is 9.84 Å². The van der Waals surface area contributed by atoms with Crippen LogP contribution in [0.1, 0.15) is 52.4 Å². The summed E-state index contributed by atoms with van der Waals surface area (Å²) in [6.07, 6.45) is 5.88. The zero-order chi connectivity index (χ0) is 12.7. The molecular formula is C14H24O3. The number of carboxylic acids is 1. The van der Waals surface area contributed by atoms with Gasteiger partial charge in [-0.15, -0.1) is 0 Å². The summed E-state index contributed by atoms with van der Waals surface area (Å²) >= 11 is 0. The van der Waals surface area contributed by atoms with E-state index in [2.05, 4.69) is 13.8 Å². The van der Waals surface area contributed by atoms with Crippen LogP contribution in [0, 0.1) is 16.7 Å². The molecule has 17 heavy (non-hydrogen) atoms. The lowest BCUT2D eigenvalue weighted by Gasteiger charge is -2.55. The molecule has 0 aromatic carbocycles. The second-order valence-corrected chi connectivity index (χ2v) is 6.40. The molecular weight excluding hydrogens is 216 g/mol. The maximum absolute atomic E-state index is 11.9. The van der Waals surface area contributed by atoms with Crippen LogP contribution in [0.15, 0.2) is 0 Å². The van der Waals surface area contributed by atoms with E-state index in [1.807, 2.05) is 0 Å². The van der Waals surface area contributed by atoms with E-state index in [1.54, 1.807) is 7.11 Å². The van der Waals surface area contributed by atoms with Gasteiger partial charge in [-0.25, -0.2) is 0 Å². The zero-order valence-electron chi connectivity index (χ0n) is 11.2. The Labute approximate surface area is 104 Å². The van der Waals surface area contributed by atoms with E-state index in [9.17, 15) is 9.90 Å². The van der Waals surface area contributed by atoms with Crippen molar-refractivity contribution in [1.82, 2.24) is 0 Å². The van der Waals surface area contributed by atoms with Crippen molar-refractivity contribution in [3.05, 3.63) is 0 Å². The summed E-state index contributed by atoms with van der Waals surface area (Å²) in [7, 11) is 1.67. The average Bonchev–Trinajstić information content (AvgIpc) is 2.27. The summed E-state index contributed by atoms with van der Waals surface area (Å²) in [4.78, 5) is 11.9. The Hall–Kier alpha value is -0.570. The molecule has 0 heterocycles. The first kappa shape index (κ1) is 12.9. The number of fused-ring (bicyclic) bond motifs is 1. The maximum atomic E-state index is 11.9. The quantitative estimate of drug-likeness (QED) is 0.806. The van der Waals surface area contributed by atoms with Crippen molar-refractivity contribution >= 4 is 5.97 Å². The molecule has 3 heteroatoms. The number of carbonyl (C=O) groups is 1. The number of carboxylic acid groups (broad SMARTS) is 1. The largest absolute Gasteiger partial charge is 0.481 e. The summed E-state index contributed by atoms with van der Waals surface area (Å²) in [5.41, 5.74) is -0.497. The van der Waals surface area contributed by atoms with E-state index in [0.717, 1.165) is 38.5 Å². The molecule has 98 valence electrons. The average molecular weight is 240 g/mol. The lowest BCUT2D eigenvalue weighted by Crippen LogP contribution is -2.57. The molecule has 0 spiro atoms. The first-order valence-electron chi connectivity index (χ1n) is 6.71. The molecule has 2 aliphatic carbocycles. The van der Waals surface area contributed by atoms with Crippen LogP contribution in [0.2, 0.25) is 0 Å². The number of ether oxygens (including phenoxy) is 1. The van der Waals surface area contributed by atoms with Crippen LogP contribution in [0.25, 0.3) is 0 Å². The standard InChI is InChI=1S/C14H24O3/c1-13(2)8-5-9-14(12(15)16)10(13)6-4-7-11(14)17-3/h10-11H,4-9H2,1-3H3,(H,15,16)/t10-,11?,14+/m0/s1. The van der Waals surface area contributed by atoms with Gasteiger partial charge >= 0.3 is 5.97 Å². The van der Waals surface area contributed by atoms with Crippen molar-refractivity contribution in [3.8, 4) is 0 Å². The van der Waals surface area contributed by atoms with E-state index in [1.165, 1.54) is 0 Å². The van der Waals surface area contributed by atoms with Crippen molar-refractivity contribution in [3.63, 3.8) is 0 Å². The third kappa shape index (κ3) is 1.79. The van der Waals surface area contributed by atoms with Crippen molar-refractivity contribution in [1.29, 1.82) is 0 Å². The van der Waals surface area contributed by atoms with Gasteiger partial charge in [0.1, 0.15) is 0 Å². The molecule has 1 N–H and O–H groups in total. The lowest BCUT2D eigenvalue weighted by atomic mass is 9.50. The Morgan fingerprint density at radius 3 is 2.53 bits per heavy atom. The molecule has 0 saturated heterocycles. The van der Waals surface area contributed by atoms with Gasteiger partial charge in [0.05, 0.1) is 11.5 Å². The summed E-state index contributed by atoms with van der Waals surface area (Å²) in [5, 5.41) is 9.78. The molecule has 0 amide bonds. The highest BCUT2D eigenvalue weighted by Crippen LogP contribution is 2.58. The smallest absolute Gasteiger partial charge is 0.312 e. The molecule has 2 rings (SSSR count). The monoisotopic (exact) mass is 240 g/mol. The molecule has 0 aromatic rings. The number of hydrogen-bond acceptors (Lipinski definition) is 2. The van der Waals surface area contributed by atoms with E-state index < -0.39 is 11.4 Å². The zero-order valence-corrected chi connectivity index (χ0v) is 11.2. The fourth-order valence-corrected chi connectivity index (χ4v) is 4.40. The summed E-state index contributed by atoms with van der Waals surface area (Å²) in [6.45, 7) is 4.46. The van der Waals surface area contributed by atoms with Gasteiger partial charge in [0.25, 0.3) is 0 Å². The van der Waals surface area contributed by atoms with Crippen molar-refractivity contribution in [2.45, 2.75) is 58.5 Å². The topological polar surface area (TPSA) is 46.5 Å². The van der Waals surface area contributed by atoms with E-state index in [4.69, 9.17) is 4.74 Å². The number of rotatable bonds is 2. The fourth-order valence-electron chi connectivity index (χ4n) is 4.40. The highest BCUT2D eigenvalue weighted by molar-refractivity contribution is 5.76. The Bertz CT molecular complexity index is 311. The highest BCUT2D eigenvalue weighted by atomic mass is 16.5. The second kappa shape index (κ2) is 4.27. The van der Waals surface area contributed by atoms with Gasteiger partial charge in [0.15, 0.2) is 0 Å². The molecule has 0 aromatic heterocycles. The summed E-state index contributed by atoms with van der Waals surface area (Å²) in [5.74, 6) is -0.373. The minimum atomic E-state index is -0.637. The third-order valence-electron chi connectivity index (χ3n) is 5.19. The molecule has 1 unspecified atom stereocenters. The Kier molecular flexibility index (Phi) is 3.23. The predicted octanol–water partition coefficient (Wildman–Crippen LogP) is 3.08. The minimum Gasteiger partial charge on any atom is -0.481 e. The maximum Gasteiger partial charge on any atom is 0.312 e. The van der Waals surface area contributed by atoms with Gasteiger partial charge in [0.2, 0.25) is 0 Å². The van der Waals surface area contributed by atoms with Crippen LogP contribution in [0.5, 0.6) is 0 Å². The first-order chi connectivity index (χ1) is 7.95. The number of hydrogen-bond donors (Lipinski definition) is 1. The van der Waals surface area contributed by atoms with Crippen LogP contribution in [-0.4, -0.2) is 24.3 Å². The second-order valence-electron chi connectivity index (χ2n) is 6.40. The van der Waals surface area contributed by atoms with Crippen LogP contribution < -0.4 is 0 Å². The van der Waals surface area contributed by atoms with Gasteiger partial charge in [-0.1, -0.05) is 26.7 Å². The molecule has 2 aliphatic rings. The first-order valence-corrected chi connectivity index (χ1v) is 6.71. The molecule has 3 atom stereocenters. The van der Waals surface area contributed by atoms with Crippen LogP contribution in [-0.2, 0) is 9.53 Å². The van der Waals surface area contributed by atoms with E-state index in [0.29, 0.717) is 0 Å². The van der Waals surface area contributed by atoms with Crippen LogP contribution in [0.4, 0.5) is 0 Å². The van der Waals surface area contributed by atoms with Gasteiger partial charge in [0, 0.05) is 7.11 Å². The molecule has 0 bridgehead atoms. The van der Waals surface area contributed by atoms with Gasteiger partial charge in [-0.2, -0.15) is 0 Å². The molecule has 0 radical (unpaired) electrons. The molecule has 2 fully saturated rings. The third-order valence-corrected chi connectivity index (χ3v) is 5.19. The van der Waals surface area contributed by atoms with Crippen molar-refractivity contribution in [2.24, 2.45) is 16.7 Å². The summed E-state index contributed by atoms with van der Waals surface area (Å²) < 4.78 is 5.54. The molecule has 2 saturated carbocycles. The van der Waals surface area contributed by atoms with Crippen molar-refractivity contribution in [2.75, 3.05) is 7.11 Å². The Morgan fingerprint density at radius 2 is 1.94 bits per heavy atom. The van der Waals surface area contributed by atoms with Crippen LogP contribution >= 0.6 is 0 Å². The SMILES string of the molecule is COC1CCC[C@H]2C(C)(C)CCC[C@]12C(=O)O. The normalized spacial score (nSPS) is 40.6. The minimum absolute atomic E-state index is 0.0988. The lowest BCUT2D eigenvalue weighted by molar-refractivity contribution is -0.187. The van der Waals surface area contributed by atoms with Crippen LogP contribution in [0.3, 0.4) is 0 Å². The van der Waals surface area contributed by atoms with Crippen molar-refractivity contribution < 1.29 is 14.6 Å². The summed E-state index contributed by atoms with van der Waals surface area (Å²) in [6, 6.07) is 0. The van der Waals surface area contributed by atoms with Gasteiger partial charge in [-0.3, -0.25) is 4.79 Å². The Morgan fingerprint density at radius 1 is 1.24 bits per heavy atom. The predicted molar refractivity (Wildman–Crippen MR) is 65.8 cm³/mol. The Balaban J connectivity index is 2.43. The number of aliphatic carboxylic acids is 1.